The molecule has 62 valence electrons. The van der Waals surface area contributed by atoms with E-state index in [0.717, 1.165) is 0 Å². The third kappa shape index (κ3) is 8.31. The van der Waals surface area contributed by atoms with Gasteiger partial charge in [-0.1, -0.05) is 20.3 Å². The van der Waals surface area contributed by atoms with Gasteiger partial charge in [-0.3, -0.25) is 0 Å². The van der Waals surface area contributed by atoms with Gasteiger partial charge in [0.1, 0.15) is 0 Å². The summed E-state index contributed by atoms with van der Waals surface area (Å²) in [5, 5.41) is 3.40. The molecule has 0 saturated carbocycles. The van der Waals surface area contributed by atoms with Gasteiger partial charge in [0.05, 0.1) is 0 Å². The first-order valence-corrected chi connectivity index (χ1v) is 5.35. The molecule has 0 aromatic heterocycles. The molecule has 0 aliphatic heterocycles. The van der Waals surface area contributed by atoms with Gasteiger partial charge in [-0.05, 0) is 18.7 Å². The summed E-state index contributed by atoms with van der Waals surface area (Å²) in [4.78, 5) is 0. The first kappa shape index (κ1) is 10.3. The van der Waals surface area contributed by atoms with Crippen molar-refractivity contribution in [2.75, 3.05) is 24.6 Å². The zero-order valence-electron chi connectivity index (χ0n) is 7.15. The van der Waals surface area contributed by atoms with E-state index >= 15 is 0 Å². The summed E-state index contributed by atoms with van der Waals surface area (Å²) in [6.45, 7) is 6.80. The van der Waals surface area contributed by atoms with Gasteiger partial charge in [0, 0.05) is 12.3 Å². The minimum Gasteiger partial charge on any atom is -0.316 e. The van der Waals surface area contributed by atoms with Crippen molar-refractivity contribution in [2.24, 2.45) is 0 Å². The fraction of sp³-hybridized carbons (Fsp3) is 1.00. The van der Waals surface area contributed by atoms with Crippen molar-refractivity contribution in [2.45, 2.75) is 26.7 Å². The lowest BCUT2D eigenvalue weighted by molar-refractivity contribution is 0.666. The third-order valence-corrected chi connectivity index (χ3v) is 2.24. The maximum atomic E-state index is 3.40. The van der Waals surface area contributed by atoms with Crippen LogP contribution in [0, 0.1) is 0 Å². The second kappa shape index (κ2) is 9.31. The topological polar surface area (TPSA) is 12.0 Å². The number of rotatable bonds is 7. The second-order valence-corrected chi connectivity index (χ2v) is 3.69. The van der Waals surface area contributed by atoms with Gasteiger partial charge < -0.3 is 5.32 Å². The fourth-order valence-electron chi connectivity index (χ4n) is 0.715. The summed E-state index contributed by atoms with van der Waals surface area (Å²) in [6, 6.07) is 0. The van der Waals surface area contributed by atoms with E-state index in [1.165, 1.54) is 37.4 Å². The summed E-state index contributed by atoms with van der Waals surface area (Å²) < 4.78 is 0. The lowest BCUT2D eigenvalue weighted by Gasteiger charge is -2.01. The highest BCUT2D eigenvalue weighted by Gasteiger charge is 1.85. The molecule has 0 fully saturated rings. The summed E-state index contributed by atoms with van der Waals surface area (Å²) >= 11 is 2.00. The van der Waals surface area contributed by atoms with Crippen LogP contribution in [-0.4, -0.2) is 24.6 Å². The molecule has 1 N–H and O–H groups in total. The molecule has 0 unspecified atom stereocenters. The second-order valence-electron chi connectivity index (χ2n) is 2.30. The van der Waals surface area contributed by atoms with E-state index < -0.39 is 0 Å². The van der Waals surface area contributed by atoms with E-state index in [9.17, 15) is 0 Å². The Kier molecular flexibility index (Phi) is 9.60. The van der Waals surface area contributed by atoms with E-state index in [2.05, 4.69) is 19.2 Å². The number of unbranched alkanes of at least 4 members (excludes halogenated alkanes) is 1. The SMILES string of the molecule is CCCCNCCSCC. The van der Waals surface area contributed by atoms with Gasteiger partial charge in [-0.15, -0.1) is 0 Å². The molecule has 1 nitrogen and oxygen atoms in total. The van der Waals surface area contributed by atoms with Crippen LogP contribution in [0.25, 0.3) is 0 Å². The molecule has 2 heteroatoms. The normalized spacial score (nSPS) is 10.2. The Morgan fingerprint density at radius 2 is 2.00 bits per heavy atom. The van der Waals surface area contributed by atoms with Gasteiger partial charge in [-0.25, -0.2) is 0 Å². The molecule has 0 aromatic rings. The van der Waals surface area contributed by atoms with Crippen LogP contribution in [0.2, 0.25) is 0 Å². The number of nitrogens with one attached hydrogen (secondary N) is 1. The fourth-order valence-corrected chi connectivity index (χ4v) is 1.29. The van der Waals surface area contributed by atoms with Crippen molar-refractivity contribution in [1.29, 1.82) is 0 Å². The predicted octanol–water partition coefficient (Wildman–Crippen LogP) is 2.13. The summed E-state index contributed by atoms with van der Waals surface area (Å²) in [7, 11) is 0. The van der Waals surface area contributed by atoms with Crippen molar-refractivity contribution in [3.8, 4) is 0 Å². The van der Waals surface area contributed by atoms with Gasteiger partial charge in [0.25, 0.3) is 0 Å². The molecular weight excluding hydrogens is 142 g/mol. The lowest BCUT2D eigenvalue weighted by Crippen LogP contribution is -2.18. The monoisotopic (exact) mass is 161 g/mol. The van der Waals surface area contributed by atoms with Crippen LogP contribution in [0.1, 0.15) is 26.7 Å². The van der Waals surface area contributed by atoms with Crippen LogP contribution in [-0.2, 0) is 0 Å². The maximum Gasteiger partial charge on any atom is 0.00579 e. The van der Waals surface area contributed by atoms with Crippen LogP contribution in [0.5, 0.6) is 0 Å². The highest BCUT2D eigenvalue weighted by Crippen LogP contribution is 1.94. The van der Waals surface area contributed by atoms with E-state index in [1.54, 1.807) is 0 Å². The van der Waals surface area contributed by atoms with Gasteiger partial charge in [0.2, 0.25) is 0 Å². The molecule has 0 spiro atoms. The standard InChI is InChI=1S/C8H19NS/c1-3-5-6-9-7-8-10-4-2/h9H,3-8H2,1-2H3. The van der Waals surface area contributed by atoms with Crippen LogP contribution in [0.15, 0.2) is 0 Å². The number of thioether (sulfide) groups is 1. The zero-order valence-corrected chi connectivity index (χ0v) is 7.97. The summed E-state index contributed by atoms with van der Waals surface area (Å²) in [6.07, 6.45) is 2.62. The third-order valence-electron chi connectivity index (χ3n) is 1.33. The van der Waals surface area contributed by atoms with Crippen molar-refractivity contribution in [3.63, 3.8) is 0 Å². The Morgan fingerprint density at radius 3 is 2.60 bits per heavy atom. The molecule has 0 atom stereocenters. The van der Waals surface area contributed by atoms with E-state index in [-0.39, 0.29) is 0 Å². The van der Waals surface area contributed by atoms with Crippen LogP contribution >= 0.6 is 11.8 Å². The van der Waals surface area contributed by atoms with Crippen molar-refractivity contribution < 1.29 is 0 Å². The number of hydrogen-bond acceptors (Lipinski definition) is 2. The largest absolute Gasteiger partial charge is 0.316 e. The van der Waals surface area contributed by atoms with E-state index in [4.69, 9.17) is 0 Å². The van der Waals surface area contributed by atoms with Crippen LogP contribution in [0.4, 0.5) is 0 Å². The molecule has 0 rings (SSSR count). The first-order chi connectivity index (χ1) is 4.91. The highest BCUT2D eigenvalue weighted by atomic mass is 32.2. The number of hydrogen-bond donors (Lipinski definition) is 1. The molecular formula is C8H19NS. The summed E-state index contributed by atoms with van der Waals surface area (Å²) in [5.74, 6) is 2.51. The molecule has 0 bridgehead atoms. The van der Waals surface area contributed by atoms with Crippen LogP contribution < -0.4 is 5.32 Å². The Hall–Kier alpha value is 0.310. The Morgan fingerprint density at radius 1 is 1.20 bits per heavy atom. The molecule has 10 heavy (non-hydrogen) atoms. The van der Waals surface area contributed by atoms with Gasteiger partial charge >= 0.3 is 0 Å². The Balaban J connectivity index is 2.65. The smallest absolute Gasteiger partial charge is 0.00579 e. The van der Waals surface area contributed by atoms with Crippen molar-refractivity contribution >= 4 is 11.8 Å². The Bertz CT molecular complexity index is 49.2. The highest BCUT2D eigenvalue weighted by molar-refractivity contribution is 7.99. The Labute approximate surface area is 69.0 Å². The minimum absolute atomic E-state index is 1.18. The summed E-state index contributed by atoms with van der Waals surface area (Å²) in [5.41, 5.74) is 0. The van der Waals surface area contributed by atoms with E-state index in [1.807, 2.05) is 11.8 Å². The maximum absolute atomic E-state index is 3.40. The van der Waals surface area contributed by atoms with Gasteiger partial charge in [-0.2, -0.15) is 11.8 Å². The van der Waals surface area contributed by atoms with Crippen molar-refractivity contribution in [3.05, 3.63) is 0 Å². The molecule has 0 aliphatic carbocycles. The van der Waals surface area contributed by atoms with Crippen LogP contribution in [0.3, 0.4) is 0 Å². The van der Waals surface area contributed by atoms with Crippen molar-refractivity contribution in [1.82, 2.24) is 5.32 Å². The average Bonchev–Trinajstić information content (AvgIpc) is 1.97. The minimum atomic E-state index is 1.18. The molecule has 0 aromatic carbocycles. The lowest BCUT2D eigenvalue weighted by atomic mass is 10.3. The molecule has 0 radical (unpaired) electrons. The zero-order chi connectivity index (χ0) is 7.66. The average molecular weight is 161 g/mol. The first-order valence-electron chi connectivity index (χ1n) is 4.20. The predicted molar refractivity (Wildman–Crippen MR) is 50.8 cm³/mol. The molecule has 0 aliphatic rings. The van der Waals surface area contributed by atoms with Gasteiger partial charge in [0.15, 0.2) is 0 Å². The molecule has 0 amide bonds. The quantitative estimate of drug-likeness (QED) is 0.574. The van der Waals surface area contributed by atoms with E-state index in [0.29, 0.717) is 0 Å². The molecule has 0 saturated heterocycles. The molecule has 0 heterocycles.